The molecule has 0 fully saturated rings. The molecule has 0 aliphatic rings. The smallest absolute Gasteiger partial charge is 0.406 e. The molecule has 1 radical (unpaired) electrons. The fraction of sp³-hybridized carbons (Fsp3) is 0.182. The van der Waals surface area contributed by atoms with Gasteiger partial charge in [0.15, 0.2) is 0 Å². The molecule has 2 nitrogen and oxygen atoms in total. The van der Waals surface area contributed by atoms with E-state index in [1.54, 1.807) is 12.2 Å². The van der Waals surface area contributed by atoms with Crippen LogP contribution in [0.2, 0.25) is 0 Å². The van der Waals surface area contributed by atoms with Crippen molar-refractivity contribution in [3.05, 3.63) is 43.0 Å². The molecule has 87 valence electrons. The second-order valence-corrected chi connectivity index (χ2v) is 2.89. The Morgan fingerprint density at radius 1 is 1.19 bits per heavy atom. The minimum absolute atomic E-state index is 0.238. The summed E-state index contributed by atoms with van der Waals surface area (Å²) in [7, 11) is 3.18. The zero-order valence-electron chi connectivity index (χ0n) is 8.33. The Kier molecular flexibility index (Phi) is 4.37. The molecule has 1 rings (SSSR count). The highest BCUT2D eigenvalue weighted by atomic mass is 19.4. The molecular formula is C11H10F3O2. The lowest BCUT2D eigenvalue weighted by atomic mass is 10.2. The van der Waals surface area contributed by atoms with Crippen molar-refractivity contribution in [2.45, 2.75) is 6.36 Å². The highest BCUT2D eigenvalue weighted by Gasteiger charge is 2.30. The van der Waals surface area contributed by atoms with Gasteiger partial charge in [-0.25, -0.2) is 0 Å². The van der Waals surface area contributed by atoms with Crippen LogP contribution in [0.5, 0.6) is 5.75 Å². The first-order chi connectivity index (χ1) is 7.51. The SMILES string of the molecule is [CH2]OC/C=C/c1ccc(OC(F)(F)F)cc1. The third-order valence-electron chi connectivity index (χ3n) is 1.64. The first-order valence-corrected chi connectivity index (χ1v) is 4.40. The minimum atomic E-state index is -4.65. The minimum Gasteiger partial charge on any atom is -0.406 e. The van der Waals surface area contributed by atoms with E-state index in [1.807, 2.05) is 0 Å². The van der Waals surface area contributed by atoms with Crippen molar-refractivity contribution < 1.29 is 22.6 Å². The van der Waals surface area contributed by atoms with Gasteiger partial charge in [0.25, 0.3) is 0 Å². The van der Waals surface area contributed by atoms with Crippen molar-refractivity contribution >= 4 is 6.08 Å². The van der Waals surface area contributed by atoms with Gasteiger partial charge in [0, 0.05) is 0 Å². The van der Waals surface area contributed by atoms with Gasteiger partial charge < -0.3 is 9.47 Å². The molecule has 0 unspecified atom stereocenters. The summed E-state index contributed by atoms with van der Waals surface area (Å²) in [6, 6.07) is 5.53. The Morgan fingerprint density at radius 2 is 1.81 bits per heavy atom. The molecule has 1 aromatic rings. The molecule has 0 amide bonds. The third kappa shape index (κ3) is 4.84. The van der Waals surface area contributed by atoms with Crippen LogP contribution in [0.25, 0.3) is 6.08 Å². The van der Waals surface area contributed by atoms with E-state index in [0.29, 0.717) is 6.61 Å². The maximum absolute atomic E-state index is 11.8. The quantitative estimate of drug-likeness (QED) is 0.790. The first-order valence-electron chi connectivity index (χ1n) is 4.40. The Hall–Kier alpha value is -1.49. The van der Waals surface area contributed by atoms with Crippen LogP contribution in [0, 0.1) is 7.11 Å². The van der Waals surface area contributed by atoms with E-state index in [4.69, 9.17) is 0 Å². The summed E-state index contributed by atoms with van der Waals surface area (Å²) < 4.78 is 43.8. The zero-order chi connectivity index (χ0) is 12.0. The number of alkyl halides is 3. The van der Waals surface area contributed by atoms with E-state index < -0.39 is 6.36 Å². The molecule has 0 aromatic heterocycles. The second-order valence-electron chi connectivity index (χ2n) is 2.89. The van der Waals surface area contributed by atoms with E-state index in [1.165, 1.54) is 24.3 Å². The first kappa shape index (κ1) is 12.6. The van der Waals surface area contributed by atoms with Gasteiger partial charge in [-0.2, -0.15) is 0 Å². The normalized spacial score (nSPS) is 12.0. The molecule has 5 heteroatoms. The van der Waals surface area contributed by atoms with E-state index >= 15 is 0 Å². The Labute approximate surface area is 91.3 Å². The van der Waals surface area contributed by atoms with Gasteiger partial charge in [-0.15, -0.1) is 13.2 Å². The Bertz CT molecular complexity index is 341. The average molecular weight is 231 g/mol. The Balaban J connectivity index is 2.61. The summed E-state index contributed by atoms with van der Waals surface area (Å²) in [5, 5.41) is 0. The van der Waals surface area contributed by atoms with Crippen LogP contribution >= 0.6 is 0 Å². The summed E-state index contributed by atoms with van der Waals surface area (Å²) in [6.45, 7) is 0.348. The lowest BCUT2D eigenvalue weighted by Crippen LogP contribution is -2.16. The summed E-state index contributed by atoms with van der Waals surface area (Å²) in [4.78, 5) is 0. The molecule has 0 aliphatic heterocycles. The Morgan fingerprint density at radius 3 is 2.31 bits per heavy atom. The van der Waals surface area contributed by atoms with Crippen molar-refractivity contribution in [2.24, 2.45) is 0 Å². The largest absolute Gasteiger partial charge is 0.573 e. The molecular weight excluding hydrogens is 221 g/mol. The molecule has 16 heavy (non-hydrogen) atoms. The van der Waals surface area contributed by atoms with Crippen molar-refractivity contribution in [1.29, 1.82) is 0 Å². The zero-order valence-corrected chi connectivity index (χ0v) is 8.33. The molecule has 0 heterocycles. The lowest BCUT2D eigenvalue weighted by molar-refractivity contribution is -0.274. The maximum Gasteiger partial charge on any atom is 0.573 e. The van der Waals surface area contributed by atoms with Crippen LogP contribution in [0.3, 0.4) is 0 Å². The maximum atomic E-state index is 11.8. The van der Waals surface area contributed by atoms with Gasteiger partial charge in [-0.05, 0) is 17.7 Å². The molecule has 0 aliphatic carbocycles. The number of hydrogen-bond acceptors (Lipinski definition) is 2. The number of hydrogen-bond donors (Lipinski definition) is 0. The highest BCUT2D eigenvalue weighted by molar-refractivity contribution is 5.50. The third-order valence-corrected chi connectivity index (χ3v) is 1.64. The van der Waals surface area contributed by atoms with Crippen LogP contribution in [0.4, 0.5) is 13.2 Å². The van der Waals surface area contributed by atoms with E-state index in [9.17, 15) is 13.2 Å². The number of ether oxygens (including phenoxy) is 2. The summed E-state index contributed by atoms with van der Waals surface area (Å²) >= 11 is 0. The van der Waals surface area contributed by atoms with Crippen LogP contribution < -0.4 is 4.74 Å². The second kappa shape index (κ2) is 5.55. The fourth-order valence-corrected chi connectivity index (χ4v) is 1.03. The fourth-order valence-electron chi connectivity index (χ4n) is 1.03. The average Bonchev–Trinajstić information content (AvgIpc) is 2.19. The molecule has 0 atom stereocenters. The van der Waals surface area contributed by atoms with Crippen LogP contribution in [-0.4, -0.2) is 13.0 Å². The highest BCUT2D eigenvalue weighted by Crippen LogP contribution is 2.22. The van der Waals surface area contributed by atoms with E-state index in [2.05, 4.69) is 16.6 Å². The summed E-state index contributed by atoms with van der Waals surface area (Å²) in [5.74, 6) is -0.238. The van der Waals surface area contributed by atoms with Crippen LogP contribution in [-0.2, 0) is 4.74 Å². The number of rotatable bonds is 4. The monoisotopic (exact) mass is 231 g/mol. The van der Waals surface area contributed by atoms with Crippen molar-refractivity contribution in [2.75, 3.05) is 6.61 Å². The van der Waals surface area contributed by atoms with Crippen molar-refractivity contribution in [3.8, 4) is 5.75 Å². The topological polar surface area (TPSA) is 18.5 Å². The summed E-state index contributed by atoms with van der Waals surface area (Å²) in [6.07, 6.45) is -1.24. The van der Waals surface area contributed by atoms with E-state index in [-0.39, 0.29) is 5.75 Å². The van der Waals surface area contributed by atoms with Gasteiger partial charge in [0.1, 0.15) is 5.75 Å². The number of halogens is 3. The number of benzene rings is 1. The summed E-state index contributed by atoms with van der Waals surface area (Å²) in [5.41, 5.74) is 0.756. The molecule has 0 N–H and O–H groups in total. The molecule has 0 saturated carbocycles. The lowest BCUT2D eigenvalue weighted by Gasteiger charge is -2.08. The van der Waals surface area contributed by atoms with Gasteiger partial charge >= 0.3 is 6.36 Å². The molecule has 0 saturated heterocycles. The van der Waals surface area contributed by atoms with Gasteiger partial charge in [0.05, 0.1) is 13.7 Å². The van der Waals surface area contributed by atoms with Crippen LogP contribution in [0.15, 0.2) is 30.3 Å². The van der Waals surface area contributed by atoms with Gasteiger partial charge in [-0.3, -0.25) is 0 Å². The molecule has 0 spiro atoms. The van der Waals surface area contributed by atoms with Crippen LogP contribution in [0.1, 0.15) is 5.56 Å². The van der Waals surface area contributed by atoms with Crippen molar-refractivity contribution in [3.63, 3.8) is 0 Å². The standard InChI is InChI=1S/C11H10F3O2/c1-15-8-2-3-9-4-6-10(7-5-9)16-11(12,13)14/h2-7H,1,8H2/b3-2+. The predicted octanol–water partition coefficient (Wildman–Crippen LogP) is 3.41. The predicted molar refractivity (Wildman–Crippen MR) is 53.5 cm³/mol. The van der Waals surface area contributed by atoms with Gasteiger partial charge in [0.2, 0.25) is 0 Å². The molecule has 0 bridgehead atoms. The van der Waals surface area contributed by atoms with E-state index in [0.717, 1.165) is 5.56 Å². The van der Waals surface area contributed by atoms with Crippen molar-refractivity contribution in [1.82, 2.24) is 0 Å². The van der Waals surface area contributed by atoms with Gasteiger partial charge in [-0.1, -0.05) is 24.3 Å². The molecule has 1 aromatic carbocycles.